The van der Waals surface area contributed by atoms with E-state index >= 15 is 0 Å². The average Bonchev–Trinajstić information content (AvgIpc) is 2.57. The lowest BCUT2D eigenvalue weighted by Crippen LogP contribution is -2.22. The topological polar surface area (TPSA) is 12.0 Å². The molecule has 0 saturated carbocycles. The van der Waals surface area contributed by atoms with Crippen LogP contribution >= 0.6 is 22.6 Å². The molecule has 0 aliphatic rings. The molecule has 0 aromatic heterocycles. The fourth-order valence-corrected chi connectivity index (χ4v) is 3.19. The van der Waals surface area contributed by atoms with Gasteiger partial charge in [0, 0.05) is 10.1 Å². The Labute approximate surface area is 145 Å². The fraction of sp³-hybridized carbons (Fsp3) is 0.100. The van der Waals surface area contributed by atoms with Crippen molar-refractivity contribution in [2.75, 3.05) is 0 Å². The van der Waals surface area contributed by atoms with Crippen LogP contribution in [-0.4, -0.2) is 0 Å². The van der Waals surface area contributed by atoms with Gasteiger partial charge in [-0.3, -0.25) is 0 Å². The number of benzene rings is 3. The Kier molecular flexibility index (Phi) is 5.24. The number of rotatable bonds is 5. The molecular weight excluding hydrogens is 381 g/mol. The van der Waals surface area contributed by atoms with E-state index in [4.69, 9.17) is 0 Å². The number of nitrogens with one attached hydrogen (secondary N) is 1. The first-order chi connectivity index (χ1) is 10.8. The van der Waals surface area contributed by atoms with Crippen molar-refractivity contribution in [1.82, 2.24) is 5.32 Å². The van der Waals surface area contributed by atoms with Gasteiger partial charge in [0.1, 0.15) is 0 Å². The van der Waals surface area contributed by atoms with E-state index < -0.39 is 0 Å². The van der Waals surface area contributed by atoms with Crippen molar-refractivity contribution in [1.29, 1.82) is 0 Å². The van der Waals surface area contributed by atoms with Gasteiger partial charge in [-0.15, -0.1) is 0 Å². The van der Waals surface area contributed by atoms with Gasteiger partial charge < -0.3 is 5.32 Å². The third kappa shape index (κ3) is 3.96. The van der Waals surface area contributed by atoms with E-state index in [0.29, 0.717) is 0 Å². The molecule has 0 bridgehead atoms. The zero-order valence-electron chi connectivity index (χ0n) is 12.2. The smallest absolute Gasteiger partial charge is 0.0579 e. The highest BCUT2D eigenvalue weighted by molar-refractivity contribution is 14.1. The molecule has 3 aromatic rings. The first-order valence-corrected chi connectivity index (χ1v) is 8.48. The minimum Gasteiger partial charge on any atom is -0.302 e. The minimum absolute atomic E-state index is 0.209. The van der Waals surface area contributed by atoms with Crippen molar-refractivity contribution >= 4 is 22.6 Å². The van der Waals surface area contributed by atoms with Gasteiger partial charge in [-0.1, -0.05) is 72.8 Å². The largest absolute Gasteiger partial charge is 0.302 e. The first kappa shape index (κ1) is 15.3. The molecule has 0 radical (unpaired) electrons. The zero-order chi connectivity index (χ0) is 15.2. The normalized spacial score (nSPS) is 10.8. The van der Waals surface area contributed by atoms with E-state index in [1.165, 1.54) is 20.3 Å². The SMILES string of the molecule is Ic1cccc(CNC(c2ccccc2)c2ccccc2)c1. The molecule has 0 atom stereocenters. The lowest BCUT2D eigenvalue weighted by atomic mass is 9.98. The van der Waals surface area contributed by atoms with Crippen LogP contribution in [0.25, 0.3) is 0 Å². The predicted molar refractivity (Wildman–Crippen MR) is 101 cm³/mol. The summed E-state index contributed by atoms with van der Waals surface area (Å²) in [5, 5.41) is 3.69. The molecule has 1 N–H and O–H groups in total. The van der Waals surface area contributed by atoms with Crippen LogP contribution < -0.4 is 5.32 Å². The second-order valence-electron chi connectivity index (χ2n) is 5.27. The number of halogens is 1. The van der Waals surface area contributed by atoms with E-state index in [0.717, 1.165) is 6.54 Å². The Bertz CT molecular complexity index is 671. The van der Waals surface area contributed by atoms with Crippen molar-refractivity contribution < 1.29 is 0 Å². The van der Waals surface area contributed by atoms with Gasteiger partial charge in [0.25, 0.3) is 0 Å². The second-order valence-corrected chi connectivity index (χ2v) is 6.51. The Balaban J connectivity index is 1.83. The first-order valence-electron chi connectivity index (χ1n) is 7.40. The standard InChI is InChI=1S/C20H18IN/c21-19-13-7-8-16(14-19)15-22-20(17-9-3-1-4-10-17)18-11-5-2-6-12-18/h1-14,20,22H,15H2. The van der Waals surface area contributed by atoms with Crippen LogP contribution in [0, 0.1) is 3.57 Å². The van der Waals surface area contributed by atoms with E-state index in [2.05, 4.69) is 113 Å². The molecule has 0 aliphatic carbocycles. The molecule has 3 aromatic carbocycles. The number of hydrogen-bond acceptors (Lipinski definition) is 1. The molecule has 110 valence electrons. The van der Waals surface area contributed by atoms with Crippen molar-refractivity contribution in [2.24, 2.45) is 0 Å². The van der Waals surface area contributed by atoms with Gasteiger partial charge in [-0.25, -0.2) is 0 Å². The maximum Gasteiger partial charge on any atom is 0.0579 e. The van der Waals surface area contributed by atoms with Crippen molar-refractivity contribution in [2.45, 2.75) is 12.6 Å². The molecular formula is C20H18IN. The van der Waals surface area contributed by atoms with E-state index in [9.17, 15) is 0 Å². The highest BCUT2D eigenvalue weighted by atomic mass is 127. The summed E-state index contributed by atoms with van der Waals surface area (Å²) in [5.74, 6) is 0. The quantitative estimate of drug-likeness (QED) is 0.584. The summed E-state index contributed by atoms with van der Waals surface area (Å²) in [4.78, 5) is 0. The fourth-order valence-electron chi connectivity index (χ4n) is 2.59. The monoisotopic (exact) mass is 399 g/mol. The summed E-state index contributed by atoms with van der Waals surface area (Å²) in [7, 11) is 0. The van der Waals surface area contributed by atoms with E-state index in [1.807, 2.05) is 0 Å². The van der Waals surface area contributed by atoms with Crippen LogP contribution in [0.4, 0.5) is 0 Å². The Hall–Kier alpha value is -1.65. The molecule has 3 rings (SSSR count). The van der Waals surface area contributed by atoms with Crippen LogP contribution in [0.5, 0.6) is 0 Å². The summed E-state index contributed by atoms with van der Waals surface area (Å²) in [6.07, 6.45) is 0. The van der Waals surface area contributed by atoms with Crippen molar-refractivity contribution in [3.05, 3.63) is 105 Å². The van der Waals surface area contributed by atoms with E-state index in [1.54, 1.807) is 0 Å². The van der Waals surface area contributed by atoms with Crippen LogP contribution in [-0.2, 0) is 6.54 Å². The second kappa shape index (κ2) is 7.56. The molecule has 0 amide bonds. The molecule has 0 unspecified atom stereocenters. The van der Waals surface area contributed by atoms with Crippen LogP contribution in [0.3, 0.4) is 0 Å². The summed E-state index contributed by atoms with van der Waals surface area (Å²) >= 11 is 2.36. The van der Waals surface area contributed by atoms with E-state index in [-0.39, 0.29) is 6.04 Å². The number of hydrogen-bond donors (Lipinski definition) is 1. The highest BCUT2D eigenvalue weighted by Crippen LogP contribution is 2.22. The van der Waals surface area contributed by atoms with Gasteiger partial charge in [0.05, 0.1) is 6.04 Å². The maximum atomic E-state index is 3.69. The third-order valence-corrected chi connectivity index (χ3v) is 4.34. The molecule has 0 spiro atoms. The van der Waals surface area contributed by atoms with Gasteiger partial charge in [0.15, 0.2) is 0 Å². The molecule has 1 nitrogen and oxygen atoms in total. The molecule has 0 heterocycles. The summed E-state index contributed by atoms with van der Waals surface area (Å²) in [5.41, 5.74) is 3.89. The Morgan fingerprint density at radius 3 is 1.86 bits per heavy atom. The van der Waals surface area contributed by atoms with Gasteiger partial charge in [-0.05, 0) is 51.4 Å². The van der Waals surface area contributed by atoms with Crippen LogP contribution in [0.15, 0.2) is 84.9 Å². The highest BCUT2D eigenvalue weighted by Gasteiger charge is 2.12. The third-order valence-electron chi connectivity index (χ3n) is 3.67. The van der Waals surface area contributed by atoms with Crippen LogP contribution in [0.2, 0.25) is 0 Å². The maximum absolute atomic E-state index is 3.69. The zero-order valence-corrected chi connectivity index (χ0v) is 14.4. The molecule has 0 aliphatic heterocycles. The lowest BCUT2D eigenvalue weighted by Gasteiger charge is -2.20. The molecule has 0 saturated heterocycles. The molecule has 2 heteroatoms. The van der Waals surface area contributed by atoms with Crippen molar-refractivity contribution in [3.8, 4) is 0 Å². The minimum atomic E-state index is 0.209. The average molecular weight is 399 g/mol. The molecule has 0 fully saturated rings. The van der Waals surface area contributed by atoms with Gasteiger partial charge >= 0.3 is 0 Å². The lowest BCUT2D eigenvalue weighted by molar-refractivity contribution is 0.605. The van der Waals surface area contributed by atoms with Gasteiger partial charge in [0.2, 0.25) is 0 Å². The van der Waals surface area contributed by atoms with Crippen LogP contribution in [0.1, 0.15) is 22.7 Å². The predicted octanol–water partition coefficient (Wildman–Crippen LogP) is 5.17. The van der Waals surface area contributed by atoms with Crippen molar-refractivity contribution in [3.63, 3.8) is 0 Å². The Morgan fingerprint density at radius 1 is 0.727 bits per heavy atom. The Morgan fingerprint density at radius 2 is 1.32 bits per heavy atom. The molecule has 22 heavy (non-hydrogen) atoms. The van der Waals surface area contributed by atoms with Gasteiger partial charge in [-0.2, -0.15) is 0 Å². The summed E-state index contributed by atoms with van der Waals surface area (Å²) in [6, 6.07) is 30.1. The summed E-state index contributed by atoms with van der Waals surface area (Å²) in [6.45, 7) is 0.852. The summed E-state index contributed by atoms with van der Waals surface area (Å²) < 4.78 is 1.27.